The van der Waals surface area contributed by atoms with Crippen LogP contribution in [0.1, 0.15) is 35.8 Å². The minimum absolute atomic E-state index is 0.0105. The van der Waals surface area contributed by atoms with Crippen LogP contribution in [0.2, 0.25) is 0 Å². The fourth-order valence-electron chi connectivity index (χ4n) is 2.96. The van der Waals surface area contributed by atoms with Crippen molar-refractivity contribution in [3.63, 3.8) is 0 Å². The summed E-state index contributed by atoms with van der Waals surface area (Å²) in [5.74, 6) is 0.108. The maximum Gasteiger partial charge on any atom is 0.263 e. The average Bonchev–Trinajstić information content (AvgIpc) is 3.37. The molecule has 5 nitrogen and oxygen atoms in total. The van der Waals surface area contributed by atoms with Gasteiger partial charge in [0.25, 0.3) is 10.0 Å². The molecule has 0 amide bonds. The molecule has 0 bridgehead atoms. The molecule has 1 aliphatic carbocycles. The number of benzene rings is 1. The first-order valence-electron chi connectivity index (χ1n) is 8.11. The van der Waals surface area contributed by atoms with E-state index in [0.29, 0.717) is 11.5 Å². The molecule has 25 heavy (non-hydrogen) atoms. The topological polar surface area (TPSA) is 68.3 Å². The molecule has 1 unspecified atom stereocenters. The van der Waals surface area contributed by atoms with Crippen LogP contribution in [0.3, 0.4) is 0 Å². The van der Waals surface area contributed by atoms with Gasteiger partial charge in [-0.15, -0.1) is 0 Å². The van der Waals surface area contributed by atoms with E-state index in [2.05, 4.69) is 9.71 Å². The minimum atomic E-state index is -3.91. The summed E-state index contributed by atoms with van der Waals surface area (Å²) in [5, 5.41) is 0. The molecular weight excluding hydrogens is 343 g/mol. The standard InChI is InChI=1S/C18H21FN2O3S/c1-11-4-7-14(19)10-16(11)25(22,23)21-17-9-8-15(12(2)20-17)18(24-3)13-5-6-13/h4,7-10,13,18H,5-6H2,1-3H3,(H,20,21). The number of aryl methyl sites for hydroxylation is 2. The summed E-state index contributed by atoms with van der Waals surface area (Å²) in [6.07, 6.45) is 2.25. The second-order valence-corrected chi connectivity index (χ2v) is 8.03. The SMILES string of the molecule is COC(c1ccc(NS(=O)(=O)c2cc(F)ccc2C)nc1C)C1CC1. The second-order valence-electron chi connectivity index (χ2n) is 6.38. The smallest absolute Gasteiger partial charge is 0.263 e. The molecule has 0 aliphatic heterocycles. The molecule has 1 atom stereocenters. The molecule has 3 rings (SSSR count). The number of nitrogens with zero attached hydrogens (tertiary/aromatic N) is 1. The summed E-state index contributed by atoms with van der Waals surface area (Å²) in [4.78, 5) is 4.26. The van der Waals surface area contributed by atoms with Crippen molar-refractivity contribution >= 4 is 15.8 Å². The van der Waals surface area contributed by atoms with Crippen LogP contribution in [0.25, 0.3) is 0 Å². The molecule has 2 aromatic rings. The molecule has 1 aromatic carbocycles. The van der Waals surface area contributed by atoms with Gasteiger partial charge in [-0.2, -0.15) is 0 Å². The molecule has 1 fully saturated rings. The molecule has 1 N–H and O–H groups in total. The monoisotopic (exact) mass is 364 g/mol. The van der Waals surface area contributed by atoms with Crippen molar-refractivity contribution < 1.29 is 17.5 Å². The Hall–Kier alpha value is -1.99. The van der Waals surface area contributed by atoms with Crippen LogP contribution in [0.15, 0.2) is 35.2 Å². The van der Waals surface area contributed by atoms with Crippen molar-refractivity contribution in [2.45, 2.75) is 37.7 Å². The number of halogens is 1. The van der Waals surface area contributed by atoms with Crippen molar-refractivity contribution in [2.75, 3.05) is 11.8 Å². The second kappa shape index (κ2) is 6.72. The first-order valence-corrected chi connectivity index (χ1v) is 9.59. The van der Waals surface area contributed by atoms with Crippen LogP contribution in [0.5, 0.6) is 0 Å². The van der Waals surface area contributed by atoms with Gasteiger partial charge >= 0.3 is 0 Å². The van der Waals surface area contributed by atoms with Crippen LogP contribution in [-0.4, -0.2) is 20.5 Å². The molecule has 1 saturated carbocycles. The van der Waals surface area contributed by atoms with E-state index in [1.54, 1.807) is 20.1 Å². The van der Waals surface area contributed by atoms with Crippen LogP contribution >= 0.6 is 0 Å². The zero-order chi connectivity index (χ0) is 18.2. The Balaban J connectivity index is 1.87. The maximum atomic E-state index is 13.4. The number of hydrogen-bond acceptors (Lipinski definition) is 4. The Morgan fingerprint density at radius 2 is 1.96 bits per heavy atom. The highest BCUT2D eigenvalue weighted by Crippen LogP contribution is 2.43. The third kappa shape index (κ3) is 3.82. The fraction of sp³-hybridized carbons (Fsp3) is 0.389. The van der Waals surface area contributed by atoms with E-state index in [4.69, 9.17) is 4.74 Å². The van der Waals surface area contributed by atoms with Gasteiger partial charge in [0.15, 0.2) is 0 Å². The van der Waals surface area contributed by atoms with Gasteiger partial charge in [0.2, 0.25) is 0 Å². The van der Waals surface area contributed by atoms with Crippen molar-refractivity contribution in [3.8, 4) is 0 Å². The molecule has 1 heterocycles. The van der Waals surface area contributed by atoms with Crippen molar-refractivity contribution in [3.05, 3.63) is 53.0 Å². The highest BCUT2D eigenvalue weighted by Gasteiger charge is 2.33. The minimum Gasteiger partial charge on any atom is -0.376 e. The lowest BCUT2D eigenvalue weighted by Crippen LogP contribution is -2.16. The van der Waals surface area contributed by atoms with Gasteiger partial charge in [-0.3, -0.25) is 4.72 Å². The average molecular weight is 364 g/mol. The molecule has 1 aliphatic rings. The first kappa shape index (κ1) is 17.8. The number of sulfonamides is 1. The predicted molar refractivity (Wildman–Crippen MR) is 93.4 cm³/mol. The summed E-state index contributed by atoms with van der Waals surface area (Å²) in [7, 11) is -2.24. The van der Waals surface area contributed by atoms with Crippen molar-refractivity contribution in [1.82, 2.24) is 4.98 Å². The molecule has 0 saturated heterocycles. The molecular formula is C18H21FN2O3S. The van der Waals surface area contributed by atoms with E-state index >= 15 is 0 Å². The zero-order valence-electron chi connectivity index (χ0n) is 14.4. The van der Waals surface area contributed by atoms with Crippen LogP contribution < -0.4 is 4.72 Å². The van der Waals surface area contributed by atoms with E-state index in [0.717, 1.165) is 30.2 Å². The molecule has 0 radical (unpaired) electrons. The Morgan fingerprint density at radius 1 is 1.24 bits per heavy atom. The molecule has 0 spiro atoms. The number of ether oxygens (including phenoxy) is 1. The van der Waals surface area contributed by atoms with Gasteiger partial charge in [0.05, 0.1) is 11.0 Å². The van der Waals surface area contributed by atoms with Crippen molar-refractivity contribution in [2.24, 2.45) is 5.92 Å². The van der Waals surface area contributed by atoms with Gasteiger partial charge < -0.3 is 4.74 Å². The maximum absolute atomic E-state index is 13.4. The Kier molecular flexibility index (Phi) is 4.79. The van der Waals surface area contributed by atoms with Crippen molar-refractivity contribution in [1.29, 1.82) is 0 Å². The number of methoxy groups -OCH3 is 1. The van der Waals surface area contributed by atoms with E-state index in [-0.39, 0.29) is 16.8 Å². The molecule has 7 heteroatoms. The summed E-state index contributed by atoms with van der Waals surface area (Å²) < 4.78 is 46.5. The van der Waals surface area contributed by atoms with Gasteiger partial charge in [-0.25, -0.2) is 17.8 Å². The molecule has 1 aromatic heterocycles. The third-order valence-electron chi connectivity index (χ3n) is 4.42. The highest BCUT2D eigenvalue weighted by atomic mass is 32.2. The fourth-order valence-corrected chi connectivity index (χ4v) is 4.22. The molecule has 134 valence electrons. The number of hydrogen-bond donors (Lipinski definition) is 1. The van der Waals surface area contributed by atoms with E-state index in [1.807, 2.05) is 13.0 Å². The third-order valence-corrected chi connectivity index (χ3v) is 5.91. The number of aromatic nitrogens is 1. The van der Waals surface area contributed by atoms with Gasteiger partial charge in [0.1, 0.15) is 11.6 Å². The van der Waals surface area contributed by atoms with Crippen LogP contribution in [0.4, 0.5) is 10.2 Å². The lowest BCUT2D eigenvalue weighted by molar-refractivity contribution is 0.0838. The van der Waals surface area contributed by atoms with Gasteiger partial charge in [-0.05, 0) is 56.4 Å². The lowest BCUT2D eigenvalue weighted by Gasteiger charge is -2.18. The van der Waals surface area contributed by atoms with E-state index in [9.17, 15) is 12.8 Å². The summed E-state index contributed by atoms with van der Waals surface area (Å²) in [5.41, 5.74) is 2.15. The zero-order valence-corrected chi connectivity index (χ0v) is 15.2. The summed E-state index contributed by atoms with van der Waals surface area (Å²) in [6, 6.07) is 7.12. The largest absolute Gasteiger partial charge is 0.376 e. The van der Waals surface area contributed by atoms with Crippen LogP contribution in [-0.2, 0) is 14.8 Å². The van der Waals surface area contributed by atoms with Gasteiger partial charge in [-0.1, -0.05) is 12.1 Å². The number of pyridine rings is 1. The predicted octanol–water partition coefficient (Wildman–Crippen LogP) is 3.74. The van der Waals surface area contributed by atoms with Gasteiger partial charge in [0, 0.05) is 18.4 Å². The number of anilines is 1. The Labute approximate surface area is 147 Å². The first-order chi connectivity index (χ1) is 11.8. The Bertz CT molecular complexity index is 895. The van der Waals surface area contributed by atoms with E-state index < -0.39 is 15.8 Å². The van der Waals surface area contributed by atoms with Crippen LogP contribution in [0, 0.1) is 25.6 Å². The quantitative estimate of drug-likeness (QED) is 0.848. The number of rotatable bonds is 6. The Morgan fingerprint density at radius 3 is 2.56 bits per heavy atom. The number of nitrogens with one attached hydrogen (secondary N) is 1. The normalized spacial score (nSPS) is 15.8. The van der Waals surface area contributed by atoms with E-state index in [1.165, 1.54) is 12.1 Å². The summed E-state index contributed by atoms with van der Waals surface area (Å²) in [6.45, 7) is 3.45. The lowest BCUT2D eigenvalue weighted by atomic mass is 10.0. The highest BCUT2D eigenvalue weighted by molar-refractivity contribution is 7.92. The summed E-state index contributed by atoms with van der Waals surface area (Å²) >= 11 is 0.